The summed E-state index contributed by atoms with van der Waals surface area (Å²) in [6, 6.07) is 12.5. The molecule has 1 N–H and O–H groups in total. The number of carbonyl (C=O) groups is 3. The lowest BCUT2D eigenvalue weighted by molar-refractivity contribution is -0.143. The Balaban J connectivity index is 1.52. The van der Waals surface area contributed by atoms with Crippen molar-refractivity contribution in [2.75, 3.05) is 26.5 Å². The third kappa shape index (κ3) is 4.43. The number of benzene rings is 2. The van der Waals surface area contributed by atoms with Crippen LogP contribution in [0.15, 0.2) is 42.5 Å². The Bertz CT molecular complexity index is 1160. The topological polar surface area (TPSA) is 91.8 Å². The first-order valence-corrected chi connectivity index (χ1v) is 11.0. The van der Waals surface area contributed by atoms with Crippen LogP contribution in [0.1, 0.15) is 27.3 Å². The molecule has 1 aliphatic rings. The Morgan fingerprint density at radius 2 is 2.06 bits per heavy atom. The molecule has 0 fully saturated rings. The predicted molar refractivity (Wildman–Crippen MR) is 122 cm³/mol. The van der Waals surface area contributed by atoms with Crippen LogP contribution in [0.3, 0.4) is 0 Å². The van der Waals surface area contributed by atoms with Gasteiger partial charge in [0.1, 0.15) is 11.0 Å². The highest BCUT2D eigenvalue weighted by molar-refractivity contribution is 7.18. The number of nitrogens with zero attached hydrogens (tertiary/aromatic N) is 3. The summed E-state index contributed by atoms with van der Waals surface area (Å²) in [5, 5.41) is 4.00. The summed E-state index contributed by atoms with van der Waals surface area (Å²) in [7, 11) is 4.72. The van der Waals surface area contributed by atoms with Crippen LogP contribution in [0.2, 0.25) is 0 Å². The molecular weight excluding hydrogens is 428 g/mol. The Morgan fingerprint density at radius 1 is 1.28 bits per heavy atom. The van der Waals surface area contributed by atoms with Crippen molar-refractivity contribution in [3.63, 3.8) is 0 Å². The minimum Gasteiger partial charge on any atom is -0.469 e. The van der Waals surface area contributed by atoms with E-state index in [4.69, 9.17) is 4.74 Å². The zero-order chi connectivity index (χ0) is 22.8. The highest BCUT2D eigenvalue weighted by atomic mass is 32.1. The van der Waals surface area contributed by atoms with Gasteiger partial charge in [0.15, 0.2) is 0 Å². The molecule has 9 heteroatoms. The minimum atomic E-state index is -0.711. The third-order valence-electron chi connectivity index (χ3n) is 5.42. The smallest absolute Gasteiger partial charge is 0.308 e. The largest absolute Gasteiger partial charge is 0.469 e. The minimum absolute atomic E-state index is 0.0648. The van der Waals surface area contributed by atoms with Crippen molar-refractivity contribution in [2.24, 2.45) is 0 Å². The standard InChI is InChI=1S/C23H24N4O4S/c1-26-12-15-10-14(8-9-16(15)24-18(23(26)30)11-21(28)31-3)22(29)27(2)13-20-25-17-6-4-5-7-19(17)32-20/h4-10,18,24H,11-13H2,1-3H3. The number of para-hydroxylation sites is 1. The normalized spacial score (nSPS) is 15.7. The number of esters is 1. The molecule has 2 amide bonds. The first-order chi connectivity index (χ1) is 15.4. The van der Waals surface area contributed by atoms with Crippen LogP contribution < -0.4 is 5.32 Å². The Hall–Kier alpha value is -3.46. The molecule has 0 aliphatic carbocycles. The van der Waals surface area contributed by atoms with E-state index in [0.29, 0.717) is 18.7 Å². The first-order valence-electron chi connectivity index (χ1n) is 10.2. The second-order valence-corrected chi connectivity index (χ2v) is 8.90. The lowest BCUT2D eigenvalue weighted by Gasteiger charge is -2.19. The number of nitrogens with one attached hydrogen (secondary N) is 1. The van der Waals surface area contributed by atoms with Crippen LogP contribution in [-0.4, -0.2) is 59.8 Å². The van der Waals surface area contributed by atoms with E-state index in [9.17, 15) is 14.4 Å². The van der Waals surface area contributed by atoms with Crippen LogP contribution in [0.4, 0.5) is 5.69 Å². The van der Waals surface area contributed by atoms with Gasteiger partial charge in [-0.1, -0.05) is 12.1 Å². The number of rotatable bonds is 5. The summed E-state index contributed by atoms with van der Waals surface area (Å²) < 4.78 is 5.80. The average molecular weight is 453 g/mol. The molecule has 0 spiro atoms. The molecule has 3 aromatic rings. The van der Waals surface area contributed by atoms with Gasteiger partial charge in [-0.2, -0.15) is 0 Å². The maximum atomic E-state index is 13.1. The van der Waals surface area contributed by atoms with Gasteiger partial charge in [0.2, 0.25) is 5.91 Å². The van der Waals surface area contributed by atoms with Crippen LogP contribution >= 0.6 is 11.3 Å². The molecule has 1 atom stereocenters. The molecule has 2 heterocycles. The van der Waals surface area contributed by atoms with Crippen molar-refractivity contribution >= 4 is 45.0 Å². The van der Waals surface area contributed by atoms with Gasteiger partial charge in [-0.25, -0.2) is 4.98 Å². The zero-order valence-corrected chi connectivity index (χ0v) is 18.9. The number of methoxy groups -OCH3 is 1. The highest BCUT2D eigenvalue weighted by Gasteiger charge is 2.30. The Kier molecular flexibility index (Phi) is 6.09. The number of hydrogen-bond acceptors (Lipinski definition) is 7. The fourth-order valence-corrected chi connectivity index (χ4v) is 4.74. The number of carbonyl (C=O) groups excluding carboxylic acids is 3. The van der Waals surface area contributed by atoms with Crippen molar-refractivity contribution in [3.8, 4) is 0 Å². The van der Waals surface area contributed by atoms with E-state index >= 15 is 0 Å². The molecule has 1 aliphatic heterocycles. The van der Waals surface area contributed by atoms with Crippen LogP contribution in [-0.2, 0) is 27.4 Å². The molecule has 8 nitrogen and oxygen atoms in total. The SMILES string of the molecule is COC(=O)CC1Nc2ccc(C(=O)N(C)Cc3nc4ccccc4s3)cc2CN(C)C1=O. The van der Waals surface area contributed by atoms with Crippen molar-refractivity contribution in [2.45, 2.75) is 25.6 Å². The molecule has 32 heavy (non-hydrogen) atoms. The lowest BCUT2D eigenvalue weighted by Crippen LogP contribution is -2.39. The van der Waals surface area contributed by atoms with Crippen LogP contribution in [0.25, 0.3) is 10.2 Å². The van der Waals surface area contributed by atoms with E-state index in [2.05, 4.69) is 10.3 Å². The predicted octanol–water partition coefficient (Wildman–Crippen LogP) is 2.88. The van der Waals surface area contributed by atoms with E-state index in [-0.39, 0.29) is 18.2 Å². The fraction of sp³-hybridized carbons (Fsp3) is 0.304. The molecule has 4 rings (SSSR count). The van der Waals surface area contributed by atoms with Crippen molar-refractivity contribution in [1.82, 2.24) is 14.8 Å². The molecule has 0 bridgehead atoms. The second-order valence-electron chi connectivity index (χ2n) is 7.78. The Labute approximate surface area is 189 Å². The van der Waals surface area contributed by atoms with Crippen molar-refractivity contribution in [3.05, 3.63) is 58.6 Å². The monoisotopic (exact) mass is 452 g/mol. The molecule has 1 unspecified atom stereocenters. The van der Waals surface area contributed by atoms with Gasteiger partial charge in [-0.05, 0) is 35.9 Å². The number of likely N-dealkylation sites (N-methyl/N-ethyl adjacent to an activating group) is 1. The van der Waals surface area contributed by atoms with Gasteiger partial charge in [0, 0.05) is 31.9 Å². The number of hydrogen-bond donors (Lipinski definition) is 1. The van der Waals surface area contributed by atoms with E-state index in [0.717, 1.165) is 26.5 Å². The summed E-state index contributed by atoms with van der Waals surface area (Å²) in [5.74, 6) is -0.792. The molecule has 2 aromatic carbocycles. The third-order valence-corrected chi connectivity index (χ3v) is 6.44. The molecule has 0 saturated heterocycles. The number of fused-ring (bicyclic) bond motifs is 2. The van der Waals surface area contributed by atoms with E-state index in [1.54, 1.807) is 53.4 Å². The highest BCUT2D eigenvalue weighted by Crippen LogP contribution is 2.26. The van der Waals surface area contributed by atoms with Crippen molar-refractivity contribution in [1.29, 1.82) is 0 Å². The fourth-order valence-electron chi connectivity index (χ4n) is 3.72. The number of thiazole rings is 1. The van der Waals surface area contributed by atoms with Gasteiger partial charge in [0.05, 0.1) is 30.3 Å². The Morgan fingerprint density at radius 3 is 2.81 bits per heavy atom. The quantitative estimate of drug-likeness (QED) is 0.599. The molecule has 0 radical (unpaired) electrons. The first kappa shape index (κ1) is 21.8. The van der Waals surface area contributed by atoms with Gasteiger partial charge in [-0.15, -0.1) is 11.3 Å². The average Bonchev–Trinajstić information content (AvgIpc) is 3.15. The molecule has 1 aromatic heterocycles. The number of amides is 2. The second kappa shape index (κ2) is 8.96. The zero-order valence-electron chi connectivity index (χ0n) is 18.1. The summed E-state index contributed by atoms with van der Waals surface area (Å²) in [6.07, 6.45) is -0.0648. The van der Waals surface area contributed by atoms with Crippen molar-refractivity contribution < 1.29 is 19.1 Å². The van der Waals surface area contributed by atoms with Gasteiger partial charge < -0.3 is 19.9 Å². The summed E-state index contributed by atoms with van der Waals surface area (Å²) in [6.45, 7) is 0.745. The molecular formula is C23H24N4O4S. The van der Waals surface area contributed by atoms with Crippen LogP contribution in [0.5, 0.6) is 0 Å². The number of aromatic nitrogens is 1. The summed E-state index contributed by atoms with van der Waals surface area (Å²) >= 11 is 1.57. The van der Waals surface area contributed by atoms with Gasteiger partial charge in [-0.3, -0.25) is 14.4 Å². The van der Waals surface area contributed by atoms with Crippen LogP contribution in [0, 0.1) is 0 Å². The maximum absolute atomic E-state index is 13.1. The van der Waals surface area contributed by atoms with Gasteiger partial charge in [0.25, 0.3) is 5.91 Å². The molecule has 0 saturated carbocycles. The lowest BCUT2D eigenvalue weighted by atomic mass is 10.1. The summed E-state index contributed by atoms with van der Waals surface area (Å²) in [5.41, 5.74) is 2.99. The number of ether oxygens (including phenoxy) is 1. The van der Waals surface area contributed by atoms with E-state index in [1.807, 2.05) is 24.3 Å². The molecule has 166 valence electrons. The maximum Gasteiger partial charge on any atom is 0.308 e. The van der Waals surface area contributed by atoms with E-state index in [1.165, 1.54) is 7.11 Å². The number of anilines is 1. The van der Waals surface area contributed by atoms with Gasteiger partial charge >= 0.3 is 5.97 Å². The summed E-state index contributed by atoms with van der Waals surface area (Å²) in [4.78, 5) is 45.2. The van der Waals surface area contributed by atoms with E-state index < -0.39 is 12.0 Å².